The predicted octanol–water partition coefficient (Wildman–Crippen LogP) is 1.36. The van der Waals surface area contributed by atoms with Crippen LogP contribution in [-0.4, -0.2) is 16.2 Å². The summed E-state index contributed by atoms with van der Waals surface area (Å²) in [7, 11) is 0. The molecule has 0 saturated heterocycles. The Bertz CT molecular complexity index is 429. The van der Waals surface area contributed by atoms with E-state index in [0.29, 0.717) is 11.1 Å². The van der Waals surface area contributed by atoms with Gasteiger partial charge in [0.05, 0.1) is 11.6 Å². The second kappa shape index (κ2) is 4.10. The van der Waals surface area contributed by atoms with Gasteiger partial charge in [-0.2, -0.15) is 5.26 Å². The highest BCUT2D eigenvalue weighted by atomic mass is 16.4. The number of carboxylic acids is 1. The van der Waals surface area contributed by atoms with E-state index in [1.807, 2.05) is 6.07 Å². The summed E-state index contributed by atoms with van der Waals surface area (Å²) in [6.07, 6.45) is 2.18. The fourth-order valence-corrected chi connectivity index (χ4v) is 0.915. The van der Waals surface area contributed by atoms with Crippen molar-refractivity contribution in [1.82, 2.24) is 0 Å². The Kier molecular flexibility index (Phi) is 2.87. The molecule has 0 atom stereocenters. The molecule has 0 aliphatic carbocycles. The van der Waals surface area contributed by atoms with E-state index in [1.54, 1.807) is 0 Å². The minimum absolute atomic E-state index is 0.110. The van der Waals surface area contributed by atoms with Crippen LogP contribution in [0.1, 0.15) is 11.1 Å². The van der Waals surface area contributed by atoms with Gasteiger partial charge in [-0.25, -0.2) is 4.79 Å². The smallest absolute Gasteiger partial charge is 0.328 e. The highest BCUT2D eigenvalue weighted by Gasteiger charge is 1.99. The molecule has 1 aromatic rings. The van der Waals surface area contributed by atoms with Crippen LogP contribution in [0.4, 0.5) is 0 Å². The Balaban J connectivity index is 3.02. The average molecular weight is 189 g/mol. The molecule has 0 radical (unpaired) electrons. The largest absolute Gasteiger partial charge is 0.507 e. The molecule has 2 N–H and O–H groups in total. The number of carbonyl (C=O) groups is 1. The molecule has 0 aromatic heterocycles. The van der Waals surface area contributed by atoms with Crippen molar-refractivity contribution < 1.29 is 15.0 Å². The van der Waals surface area contributed by atoms with Crippen molar-refractivity contribution in [3.8, 4) is 11.8 Å². The zero-order valence-corrected chi connectivity index (χ0v) is 7.14. The molecular formula is C10H7NO3. The molecule has 1 aromatic carbocycles. The quantitative estimate of drug-likeness (QED) is 0.688. The lowest BCUT2D eigenvalue weighted by atomic mass is 10.1. The molecule has 0 bridgehead atoms. The number of benzene rings is 1. The molecule has 0 amide bonds. The summed E-state index contributed by atoms with van der Waals surface area (Å²) in [5, 5.41) is 26.2. The minimum atomic E-state index is -1.09. The first-order valence-electron chi connectivity index (χ1n) is 3.77. The van der Waals surface area contributed by atoms with Gasteiger partial charge in [-0.3, -0.25) is 0 Å². The predicted molar refractivity (Wildman–Crippen MR) is 49.5 cm³/mol. The maximum absolute atomic E-state index is 10.2. The van der Waals surface area contributed by atoms with Crippen molar-refractivity contribution in [2.45, 2.75) is 0 Å². The fourth-order valence-electron chi connectivity index (χ4n) is 0.915. The van der Waals surface area contributed by atoms with Crippen molar-refractivity contribution in [1.29, 1.82) is 5.26 Å². The van der Waals surface area contributed by atoms with Gasteiger partial charge in [-0.15, -0.1) is 0 Å². The minimum Gasteiger partial charge on any atom is -0.507 e. The molecule has 14 heavy (non-hydrogen) atoms. The molecular weight excluding hydrogens is 182 g/mol. The summed E-state index contributed by atoms with van der Waals surface area (Å²) in [6.45, 7) is 0. The first kappa shape index (κ1) is 9.81. The van der Waals surface area contributed by atoms with Crippen LogP contribution >= 0.6 is 0 Å². The van der Waals surface area contributed by atoms with Gasteiger partial charge in [0, 0.05) is 11.6 Å². The lowest BCUT2D eigenvalue weighted by Crippen LogP contribution is -1.86. The zero-order valence-electron chi connectivity index (χ0n) is 7.14. The number of carboxylic acid groups (broad SMARTS) is 1. The van der Waals surface area contributed by atoms with Gasteiger partial charge in [0.1, 0.15) is 5.75 Å². The first-order valence-corrected chi connectivity index (χ1v) is 3.77. The molecule has 4 heteroatoms. The van der Waals surface area contributed by atoms with Crippen LogP contribution in [0, 0.1) is 11.3 Å². The maximum atomic E-state index is 10.2. The van der Waals surface area contributed by atoms with Gasteiger partial charge in [0.25, 0.3) is 0 Å². The van der Waals surface area contributed by atoms with Gasteiger partial charge in [0.2, 0.25) is 0 Å². The molecule has 0 saturated carbocycles. The second-order valence-electron chi connectivity index (χ2n) is 2.56. The number of aromatic hydroxyl groups is 1. The number of aliphatic carboxylic acids is 1. The van der Waals surface area contributed by atoms with Gasteiger partial charge in [0.15, 0.2) is 0 Å². The molecule has 1 rings (SSSR count). The Morgan fingerprint density at radius 1 is 1.50 bits per heavy atom. The van der Waals surface area contributed by atoms with Gasteiger partial charge >= 0.3 is 5.97 Å². The second-order valence-corrected chi connectivity index (χ2v) is 2.56. The van der Waals surface area contributed by atoms with Gasteiger partial charge in [-0.05, 0) is 24.3 Å². The highest BCUT2D eigenvalue weighted by Crippen LogP contribution is 2.19. The fraction of sp³-hybridized carbons (Fsp3) is 0. The number of nitrogens with zero attached hydrogens (tertiary/aromatic N) is 1. The maximum Gasteiger partial charge on any atom is 0.328 e. The van der Waals surface area contributed by atoms with Crippen molar-refractivity contribution in [3.05, 3.63) is 35.4 Å². The Morgan fingerprint density at radius 3 is 2.71 bits per heavy atom. The topological polar surface area (TPSA) is 81.3 Å². The summed E-state index contributed by atoms with van der Waals surface area (Å²) in [6, 6.07) is 6.12. The van der Waals surface area contributed by atoms with E-state index in [2.05, 4.69) is 0 Å². The van der Waals surface area contributed by atoms with Crippen LogP contribution in [0.25, 0.3) is 6.08 Å². The number of hydrogen-bond acceptors (Lipinski definition) is 3. The summed E-state index contributed by atoms with van der Waals surface area (Å²) >= 11 is 0. The van der Waals surface area contributed by atoms with Crippen molar-refractivity contribution in [3.63, 3.8) is 0 Å². The van der Waals surface area contributed by atoms with E-state index in [9.17, 15) is 9.90 Å². The van der Waals surface area contributed by atoms with Crippen LogP contribution < -0.4 is 0 Å². The first-order chi connectivity index (χ1) is 6.63. The molecule has 0 aliphatic heterocycles. The van der Waals surface area contributed by atoms with Crippen LogP contribution in [0.2, 0.25) is 0 Å². The number of hydrogen-bond donors (Lipinski definition) is 2. The SMILES string of the molecule is N#Cc1ccc(C=CC(=O)O)c(O)c1. The van der Waals surface area contributed by atoms with E-state index < -0.39 is 5.97 Å². The van der Waals surface area contributed by atoms with Crippen LogP contribution in [-0.2, 0) is 4.79 Å². The Hall–Kier alpha value is -2.28. The molecule has 0 heterocycles. The van der Waals surface area contributed by atoms with Crippen LogP contribution in [0.15, 0.2) is 24.3 Å². The van der Waals surface area contributed by atoms with Gasteiger partial charge in [-0.1, -0.05) is 0 Å². The van der Waals surface area contributed by atoms with Gasteiger partial charge < -0.3 is 10.2 Å². The standard InChI is InChI=1S/C10H7NO3/c11-6-7-1-2-8(9(12)5-7)3-4-10(13)14/h1-5,12H,(H,13,14). The number of phenolic OH excluding ortho intramolecular Hbond substituents is 1. The van der Waals surface area contributed by atoms with Crippen LogP contribution in [0.5, 0.6) is 5.75 Å². The molecule has 0 spiro atoms. The van der Waals surface area contributed by atoms with E-state index in [-0.39, 0.29) is 5.75 Å². The molecule has 0 unspecified atom stereocenters. The third-order valence-electron chi connectivity index (χ3n) is 1.57. The van der Waals surface area contributed by atoms with Crippen molar-refractivity contribution in [2.75, 3.05) is 0 Å². The molecule has 0 aliphatic rings. The highest BCUT2D eigenvalue weighted by molar-refractivity contribution is 5.85. The third kappa shape index (κ3) is 2.35. The molecule has 0 fully saturated rings. The van der Waals surface area contributed by atoms with E-state index in [4.69, 9.17) is 10.4 Å². The summed E-state index contributed by atoms with van der Waals surface area (Å²) in [5.41, 5.74) is 0.696. The average Bonchev–Trinajstić information content (AvgIpc) is 2.15. The lowest BCUT2D eigenvalue weighted by molar-refractivity contribution is -0.131. The Labute approximate surface area is 80.3 Å². The summed E-state index contributed by atoms with van der Waals surface area (Å²) in [4.78, 5) is 10.2. The number of rotatable bonds is 2. The normalized spacial score (nSPS) is 9.93. The third-order valence-corrected chi connectivity index (χ3v) is 1.57. The lowest BCUT2D eigenvalue weighted by Gasteiger charge is -1.97. The van der Waals surface area contributed by atoms with Crippen LogP contribution in [0.3, 0.4) is 0 Å². The monoisotopic (exact) mass is 189 g/mol. The van der Waals surface area contributed by atoms with E-state index in [0.717, 1.165) is 6.08 Å². The van der Waals surface area contributed by atoms with Crippen molar-refractivity contribution in [2.24, 2.45) is 0 Å². The Morgan fingerprint density at radius 2 is 2.21 bits per heavy atom. The van der Waals surface area contributed by atoms with E-state index in [1.165, 1.54) is 24.3 Å². The zero-order chi connectivity index (χ0) is 10.6. The van der Waals surface area contributed by atoms with Crippen molar-refractivity contribution >= 4 is 12.0 Å². The molecule has 4 nitrogen and oxygen atoms in total. The number of nitriles is 1. The summed E-state index contributed by atoms with van der Waals surface area (Å²) in [5.74, 6) is -1.20. The van der Waals surface area contributed by atoms with E-state index >= 15 is 0 Å². The molecule has 70 valence electrons. The summed E-state index contributed by atoms with van der Waals surface area (Å²) < 4.78 is 0. The number of phenols is 1.